The predicted octanol–water partition coefficient (Wildman–Crippen LogP) is 2.93. The summed E-state index contributed by atoms with van der Waals surface area (Å²) in [6.07, 6.45) is 0.631. The van der Waals surface area contributed by atoms with E-state index < -0.39 is 21.8 Å². The van der Waals surface area contributed by atoms with Gasteiger partial charge in [-0.1, -0.05) is 0 Å². The molecule has 0 aliphatic rings. The Morgan fingerprint density at radius 3 is 2.39 bits per heavy atom. The monoisotopic (exact) mass is 445 g/mol. The number of hydrogen-bond donors (Lipinski definition) is 3. The number of benzene rings is 2. The maximum absolute atomic E-state index is 12.7. The molecule has 3 aromatic rings. The van der Waals surface area contributed by atoms with Crippen molar-refractivity contribution in [2.24, 2.45) is 0 Å². The SMILES string of the molecule is Cc1cc(NC(=O)c2cc(Oc3ccc(S(C)(=O)=O)cc3)cc(O[C@@H](C)CO)c2)n[nH]1. The van der Waals surface area contributed by atoms with Crippen LogP contribution in [0.15, 0.2) is 53.4 Å². The molecular formula is C21H23N3O6S. The Labute approximate surface area is 179 Å². The fourth-order valence-electron chi connectivity index (χ4n) is 2.66. The van der Waals surface area contributed by atoms with Gasteiger partial charge in [-0.2, -0.15) is 5.10 Å². The Morgan fingerprint density at radius 2 is 1.81 bits per heavy atom. The molecule has 0 aliphatic heterocycles. The van der Waals surface area contributed by atoms with E-state index >= 15 is 0 Å². The Kier molecular flexibility index (Phi) is 6.62. The van der Waals surface area contributed by atoms with Crippen LogP contribution >= 0.6 is 0 Å². The fraction of sp³-hybridized carbons (Fsp3) is 0.238. The van der Waals surface area contributed by atoms with Crippen LogP contribution in [0.3, 0.4) is 0 Å². The van der Waals surface area contributed by atoms with Crippen molar-refractivity contribution in [2.45, 2.75) is 24.8 Å². The smallest absolute Gasteiger partial charge is 0.257 e. The number of carbonyl (C=O) groups is 1. The van der Waals surface area contributed by atoms with E-state index in [9.17, 15) is 18.3 Å². The summed E-state index contributed by atoms with van der Waals surface area (Å²) in [6.45, 7) is 3.30. The first-order valence-corrected chi connectivity index (χ1v) is 11.3. The average Bonchev–Trinajstić information content (AvgIpc) is 3.12. The Morgan fingerprint density at radius 1 is 1.13 bits per heavy atom. The molecule has 0 spiro atoms. The second-order valence-electron chi connectivity index (χ2n) is 7.04. The first kappa shape index (κ1) is 22.3. The molecule has 2 aromatic carbocycles. The van der Waals surface area contributed by atoms with Gasteiger partial charge in [0.05, 0.1) is 11.5 Å². The summed E-state index contributed by atoms with van der Waals surface area (Å²) in [5, 5.41) is 18.7. The first-order chi connectivity index (χ1) is 14.6. The van der Waals surface area contributed by atoms with Gasteiger partial charge in [0, 0.05) is 29.6 Å². The minimum Gasteiger partial charge on any atom is -0.488 e. The number of carbonyl (C=O) groups excluding carboxylic acids is 1. The highest BCUT2D eigenvalue weighted by atomic mass is 32.2. The number of ether oxygens (including phenoxy) is 2. The van der Waals surface area contributed by atoms with Crippen molar-refractivity contribution < 1.29 is 27.8 Å². The van der Waals surface area contributed by atoms with Gasteiger partial charge in [0.1, 0.15) is 23.4 Å². The quantitative estimate of drug-likeness (QED) is 0.486. The van der Waals surface area contributed by atoms with Crippen molar-refractivity contribution in [2.75, 3.05) is 18.2 Å². The molecule has 0 aliphatic carbocycles. The molecule has 0 unspecified atom stereocenters. The van der Waals surface area contributed by atoms with Gasteiger partial charge in [0.2, 0.25) is 0 Å². The molecule has 1 amide bonds. The summed E-state index contributed by atoms with van der Waals surface area (Å²) in [5.41, 5.74) is 1.05. The Hall–Kier alpha value is -3.37. The summed E-state index contributed by atoms with van der Waals surface area (Å²) >= 11 is 0. The number of aromatic amines is 1. The maximum Gasteiger partial charge on any atom is 0.257 e. The number of nitrogens with one attached hydrogen (secondary N) is 2. The van der Waals surface area contributed by atoms with Crippen LogP contribution in [0.25, 0.3) is 0 Å². The largest absolute Gasteiger partial charge is 0.488 e. The normalized spacial score (nSPS) is 12.3. The minimum absolute atomic E-state index is 0.170. The topological polar surface area (TPSA) is 131 Å². The zero-order chi connectivity index (χ0) is 22.6. The van der Waals surface area contributed by atoms with Crippen LogP contribution in [0.5, 0.6) is 17.2 Å². The van der Waals surface area contributed by atoms with E-state index in [0.717, 1.165) is 11.9 Å². The molecule has 0 radical (unpaired) electrons. The van der Waals surface area contributed by atoms with Gasteiger partial charge in [-0.3, -0.25) is 9.89 Å². The van der Waals surface area contributed by atoms with Crippen LogP contribution in [0.2, 0.25) is 0 Å². The number of aryl methyl sites for hydroxylation is 1. The molecule has 0 fully saturated rings. The highest BCUT2D eigenvalue weighted by Gasteiger charge is 2.14. The van der Waals surface area contributed by atoms with Gasteiger partial charge in [-0.15, -0.1) is 0 Å². The lowest BCUT2D eigenvalue weighted by Gasteiger charge is -2.15. The molecule has 0 saturated carbocycles. The van der Waals surface area contributed by atoms with E-state index in [4.69, 9.17) is 9.47 Å². The van der Waals surface area contributed by atoms with Crippen molar-refractivity contribution in [3.63, 3.8) is 0 Å². The van der Waals surface area contributed by atoms with Crippen LogP contribution in [0.1, 0.15) is 23.0 Å². The molecule has 1 aromatic heterocycles. The van der Waals surface area contributed by atoms with Crippen molar-refractivity contribution in [1.29, 1.82) is 0 Å². The van der Waals surface area contributed by atoms with E-state index in [1.165, 1.54) is 36.4 Å². The summed E-state index contributed by atoms with van der Waals surface area (Å²) in [6, 6.07) is 12.2. The number of hydrogen-bond acceptors (Lipinski definition) is 7. The third kappa shape index (κ3) is 6.06. The summed E-state index contributed by atoms with van der Waals surface area (Å²) in [7, 11) is -3.32. The number of nitrogens with zero attached hydrogens (tertiary/aromatic N) is 1. The second kappa shape index (κ2) is 9.19. The van der Waals surface area contributed by atoms with Gasteiger partial charge in [-0.25, -0.2) is 8.42 Å². The first-order valence-electron chi connectivity index (χ1n) is 9.38. The second-order valence-corrected chi connectivity index (χ2v) is 9.06. The van der Waals surface area contributed by atoms with Crippen LogP contribution in [0.4, 0.5) is 5.82 Å². The van der Waals surface area contributed by atoms with Crippen molar-refractivity contribution in [3.8, 4) is 17.2 Å². The molecule has 3 rings (SSSR count). The van der Waals surface area contributed by atoms with E-state index in [1.807, 2.05) is 6.92 Å². The third-order valence-electron chi connectivity index (χ3n) is 4.17. The van der Waals surface area contributed by atoms with Gasteiger partial charge >= 0.3 is 0 Å². The molecule has 31 heavy (non-hydrogen) atoms. The molecule has 1 atom stereocenters. The Bertz CT molecular complexity index is 1170. The number of aromatic nitrogens is 2. The summed E-state index contributed by atoms with van der Waals surface area (Å²) in [5.74, 6) is 0.963. The average molecular weight is 445 g/mol. The van der Waals surface area contributed by atoms with Crippen molar-refractivity contribution in [3.05, 3.63) is 59.8 Å². The number of aliphatic hydroxyl groups is 1. The zero-order valence-electron chi connectivity index (χ0n) is 17.2. The van der Waals surface area contributed by atoms with Gasteiger partial charge in [0.25, 0.3) is 5.91 Å². The van der Waals surface area contributed by atoms with E-state index in [0.29, 0.717) is 23.1 Å². The lowest BCUT2D eigenvalue weighted by Crippen LogP contribution is -2.17. The number of anilines is 1. The van der Waals surface area contributed by atoms with E-state index in [-0.39, 0.29) is 17.1 Å². The summed E-state index contributed by atoms with van der Waals surface area (Å²) < 4.78 is 34.7. The highest BCUT2D eigenvalue weighted by Crippen LogP contribution is 2.29. The Balaban J connectivity index is 1.88. The number of amides is 1. The standard InChI is InChI=1S/C21H23N3O6S/c1-13-8-20(24-23-13)22-21(26)15-9-17(29-14(2)12-25)11-18(10-15)30-16-4-6-19(7-5-16)31(3,27)28/h4-11,14,25H,12H2,1-3H3,(H2,22,23,24,26)/t14-/m0/s1. The number of rotatable bonds is 8. The van der Waals surface area contributed by atoms with Crippen molar-refractivity contribution >= 4 is 21.6 Å². The fourth-order valence-corrected chi connectivity index (χ4v) is 3.29. The lowest BCUT2D eigenvalue weighted by molar-refractivity contribution is 0.102. The minimum atomic E-state index is -3.32. The van der Waals surface area contributed by atoms with Gasteiger partial charge in [-0.05, 0) is 50.2 Å². The van der Waals surface area contributed by atoms with Crippen molar-refractivity contribution in [1.82, 2.24) is 10.2 Å². The maximum atomic E-state index is 12.7. The molecule has 0 bridgehead atoms. The molecule has 3 N–H and O–H groups in total. The van der Waals surface area contributed by atoms with Crippen LogP contribution in [-0.4, -0.2) is 48.6 Å². The van der Waals surface area contributed by atoms with Gasteiger partial charge in [0.15, 0.2) is 15.7 Å². The van der Waals surface area contributed by atoms with E-state index in [2.05, 4.69) is 15.5 Å². The van der Waals surface area contributed by atoms with Gasteiger partial charge < -0.3 is 19.9 Å². The molecular weight excluding hydrogens is 422 g/mol. The number of H-pyrrole nitrogens is 1. The highest BCUT2D eigenvalue weighted by molar-refractivity contribution is 7.90. The van der Waals surface area contributed by atoms with E-state index in [1.54, 1.807) is 19.1 Å². The molecule has 10 heteroatoms. The van der Waals surface area contributed by atoms with Crippen LogP contribution in [-0.2, 0) is 9.84 Å². The molecule has 1 heterocycles. The third-order valence-corrected chi connectivity index (χ3v) is 5.30. The molecule has 9 nitrogen and oxygen atoms in total. The summed E-state index contributed by atoms with van der Waals surface area (Å²) in [4.78, 5) is 12.9. The lowest BCUT2D eigenvalue weighted by atomic mass is 10.2. The molecule has 164 valence electrons. The number of sulfone groups is 1. The predicted molar refractivity (Wildman–Crippen MR) is 115 cm³/mol. The number of aliphatic hydroxyl groups excluding tert-OH is 1. The van der Waals surface area contributed by atoms with Crippen LogP contribution < -0.4 is 14.8 Å². The van der Waals surface area contributed by atoms with Crippen LogP contribution in [0, 0.1) is 6.92 Å². The zero-order valence-corrected chi connectivity index (χ0v) is 18.1. The molecule has 0 saturated heterocycles.